The number of rotatable bonds is 7. The van der Waals surface area contributed by atoms with Crippen LogP contribution in [0.4, 0.5) is 5.69 Å². The molecule has 0 radical (unpaired) electrons. The maximum Gasteiger partial charge on any atom is 0.259 e. The predicted octanol–water partition coefficient (Wildman–Crippen LogP) is 4.95. The number of nitrogens with one attached hydrogen (secondary N) is 2. The monoisotopic (exact) mass is 383 g/mol. The Bertz CT molecular complexity index is 1010. The van der Waals surface area contributed by atoms with E-state index in [9.17, 15) is 4.79 Å². The number of hydrazone groups is 1. The molecular weight excluding hydrogens is 358 g/mol. The van der Waals surface area contributed by atoms with E-state index in [2.05, 4.69) is 21.9 Å². The van der Waals surface area contributed by atoms with Crippen molar-refractivity contribution in [2.75, 3.05) is 11.9 Å². The molecule has 0 unspecified atom stereocenters. The minimum absolute atomic E-state index is 0.151. The molecule has 0 spiro atoms. The van der Waals surface area contributed by atoms with Gasteiger partial charge < -0.3 is 5.32 Å². The zero-order valence-corrected chi connectivity index (χ0v) is 16.7. The van der Waals surface area contributed by atoms with Gasteiger partial charge in [-0.25, -0.2) is 5.43 Å². The van der Waals surface area contributed by atoms with E-state index in [4.69, 9.17) is 0 Å². The van der Waals surface area contributed by atoms with E-state index < -0.39 is 0 Å². The highest BCUT2D eigenvalue weighted by Crippen LogP contribution is 2.15. The van der Waals surface area contributed by atoms with Crippen LogP contribution in [0.2, 0.25) is 0 Å². The minimum atomic E-state index is -0.202. The smallest absolute Gasteiger partial charge is 0.259 e. The number of aryl methyl sites for hydroxylation is 2. The van der Waals surface area contributed by atoms with Gasteiger partial charge in [0.2, 0.25) is 0 Å². The summed E-state index contributed by atoms with van der Waals surface area (Å²) in [5.41, 5.74) is 8.59. The summed E-state index contributed by atoms with van der Waals surface area (Å²) in [4.78, 5) is 12.3. The first-order valence-electron chi connectivity index (χ1n) is 9.58. The van der Waals surface area contributed by atoms with Crippen LogP contribution < -0.4 is 10.7 Å². The van der Waals surface area contributed by atoms with Crippen molar-refractivity contribution in [3.05, 3.63) is 107 Å². The summed E-state index contributed by atoms with van der Waals surface area (Å²) >= 11 is 0. The molecule has 0 aliphatic heterocycles. The highest BCUT2D eigenvalue weighted by Gasteiger charge is 2.04. The minimum Gasteiger partial charge on any atom is -0.376 e. The molecule has 3 aromatic rings. The van der Waals surface area contributed by atoms with Crippen molar-refractivity contribution in [1.29, 1.82) is 0 Å². The summed E-state index contributed by atoms with van der Waals surface area (Å²) < 4.78 is 0. The molecule has 146 valence electrons. The Labute approximate surface area is 172 Å². The molecule has 0 heterocycles. The molecule has 0 aliphatic rings. The second-order valence-corrected chi connectivity index (χ2v) is 6.81. The van der Waals surface area contributed by atoms with Gasteiger partial charge in [-0.15, -0.1) is 0 Å². The number of hydrogen-bond donors (Lipinski definition) is 2. The van der Waals surface area contributed by atoms with Gasteiger partial charge in [0.05, 0.1) is 12.3 Å². The van der Waals surface area contributed by atoms with Crippen LogP contribution in [-0.4, -0.2) is 18.2 Å². The van der Waals surface area contributed by atoms with Crippen molar-refractivity contribution in [2.45, 2.75) is 13.8 Å². The maximum atomic E-state index is 12.3. The van der Waals surface area contributed by atoms with Crippen molar-refractivity contribution in [2.24, 2.45) is 5.10 Å². The number of benzene rings is 3. The molecule has 0 aromatic heterocycles. The Balaban J connectivity index is 1.68. The Hall–Kier alpha value is -3.66. The van der Waals surface area contributed by atoms with E-state index in [0.717, 1.165) is 22.4 Å². The molecule has 2 N–H and O–H groups in total. The fourth-order valence-corrected chi connectivity index (χ4v) is 2.90. The van der Waals surface area contributed by atoms with Crippen LogP contribution in [0.25, 0.3) is 6.08 Å². The quantitative estimate of drug-likeness (QED) is 0.448. The highest BCUT2D eigenvalue weighted by atomic mass is 16.2. The summed E-state index contributed by atoms with van der Waals surface area (Å²) in [7, 11) is 0. The third-order valence-electron chi connectivity index (χ3n) is 4.43. The molecule has 0 atom stereocenters. The Kier molecular flexibility index (Phi) is 6.95. The second-order valence-electron chi connectivity index (χ2n) is 6.81. The van der Waals surface area contributed by atoms with Gasteiger partial charge in [0, 0.05) is 11.3 Å². The van der Waals surface area contributed by atoms with E-state index in [1.807, 2.05) is 98.8 Å². The number of hydrogen-bond acceptors (Lipinski definition) is 3. The zero-order chi connectivity index (χ0) is 20.5. The average Bonchev–Trinajstić information content (AvgIpc) is 2.74. The van der Waals surface area contributed by atoms with Gasteiger partial charge in [-0.2, -0.15) is 5.10 Å². The number of allylic oxidation sites excluding steroid dienone is 1. The molecule has 4 heteroatoms. The first-order chi connectivity index (χ1) is 14.1. The van der Waals surface area contributed by atoms with Crippen molar-refractivity contribution >= 4 is 23.4 Å². The molecule has 3 aromatic carbocycles. The van der Waals surface area contributed by atoms with Crippen LogP contribution in [0.1, 0.15) is 22.3 Å². The molecule has 0 aliphatic carbocycles. The summed E-state index contributed by atoms with van der Waals surface area (Å²) in [6.45, 7) is 4.22. The molecule has 1 amide bonds. The third kappa shape index (κ3) is 6.18. The van der Waals surface area contributed by atoms with Gasteiger partial charge in [0.1, 0.15) is 0 Å². The van der Waals surface area contributed by atoms with E-state index >= 15 is 0 Å². The lowest BCUT2D eigenvalue weighted by Crippen LogP contribution is -2.27. The first-order valence-corrected chi connectivity index (χ1v) is 9.58. The molecule has 0 saturated heterocycles. The molecule has 0 bridgehead atoms. The lowest BCUT2D eigenvalue weighted by molar-refractivity contribution is -0.119. The van der Waals surface area contributed by atoms with E-state index in [0.29, 0.717) is 5.71 Å². The fourth-order valence-electron chi connectivity index (χ4n) is 2.90. The number of nitrogens with zero attached hydrogens (tertiary/aromatic N) is 1. The van der Waals surface area contributed by atoms with Crippen LogP contribution >= 0.6 is 0 Å². The largest absolute Gasteiger partial charge is 0.376 e. The van der Waals surface area contributed by atoms with E-state index in [-0.39, 0.29) is 12.5 Å². The SMILES string of the molecule is Cc1ccc(NCC(=O)NN=C(/C=C/c2ccccc2)c2ccccc2)c(C)c1. The second kappa shape index (κ2) is 10.0. The lowest BCUT2D eigenvalue weighted by Gasteiger charge is -2.09. The Morgan fingerprint density at radius 2 is 1.62 bits per heavy atom. The Morgan fingerprint density at radius 1 is 0.931 bits per heavy atom. The average molecular weight is 383 g/mol. The van der Waals surface area contributed by atoms with Crippen molar-refractivity contribution in [3.63, 3.8) is 0 Å². The van der Waals surface area contributed by atoms with Crippen molar-refractivity contribution in [3.8, 4) is 0 Å². The summed E-state index contributed by atoms with van der Waals surface area (Å²) in [6.07, 6.45) is 3.88. The third-order valence-corrected chi connectivity index (χ3v) is 4.43. The summed E-state index contributed by atoms with van der Waals surface area (Å²) in [5.74, 6) is -0.202. The molecule has 4 nitrogen and oxygen atoms in total. The van der Waals surface area contributed by atoms with Crippen LogP contribution in [0, 0.1) is 13.8 Å². The van der Waals surface area contributed by atoms with Gasteiger partial charge in [0.15, 0.2) is 0 Å². The van der Waals surface area contributed by atoms with Gasteiger partial charge >= 0.3 is 0 Å². The van der Waals surface area contributed by atoms with Crippen LogP contribution in [0.3, 0.4) is 0 Å². The van der Waals surface area contributed by atoms with E-state index in [1.54, 1.807) is 0 Å². The Morgan fingerprint density at radius 3 is 2.31 bits per heavy atom. The highest BCUT2D eigenvalue weighted by molar-refractivity contribution is 6.11. The normalized spacial score (nSPS) is 11.4. The predicted molar refractivity (Wildman–Crippen MR) is 121 cm³/mol. The van der Waals surface area contributed by atoms with Crippen LogP contribution in [0.5, 0.6) is 0 Å². The number of anilines is 1. The first kappa shape index (κ1) is 20.1. The van der Waals surface area contributed by atoms with Gasteiger partial charge in [-0.05, 0) is 37.1 Å². The molecule has 29 heavy (non-hydrogen) atoms. The van der Waals surface area contributed by atoms with Crippen molar-refractivity contribution in [1.82, 2.24) is 5.43 Å². The summed E-state index contributed by atoms with van der Waals surface area (Å²) in [6, 6.07) is 25.9. The molecule has 0 saturated carbocycles. The maximum absolute atomic E-state index is 12.3. The van der Waals surface area contributed by atoms with Gasteiger partial charge in [-0.1, -0.05) is 84.4 Å². The molecular formula is C25H25N3O. The fraction of sp³-hybridized carbons (Fsp3) is 0.120. The summed E-state index contributed by atoms with van der Waals surface area (Å²) in [5, 5.41) is 7.51. The van der Waals surface area contributed by atoms with Crippen LogP contribution in [-0.2, 0) is 4.79 Å². The topological polar surface area (TPSA) is 53.5 Å². The van der Waals surface area contributed by atoms with Gasteiger partial charge in [0.25, 0.3) is 5.91 Å². The zero-order valence-electron chi connectivity index (χ0n) is 16.7. The number of carbonyl (C=O) groups is 1. The van der Waals surface area contributed by atoms with Crippen LogP contribution in [0.15, 0.2) is 90.0 Å². The molecule has 3 rings (SSSR count). The van der Waals surface area contributed by atoms with Gasteiger partial charge in [-0.3, -0.25) is 4.79 Å². The lowest BCUT2D eigenvalue weighted by atomic mass is 10.1. The standard InChI is InChI=1S/C25H25N3O/c1-19-13-15-23(20(2)17-19)26-18-25(29)28-27-24(22-11-7-4-8-12-22)16-14-21-9-5-3-6-10-21/h3-17,26H,18H2,1-2H3,(H,28,29)/b16-14+,27-24?. The van der Waals surface area contributed by atoms with E-state index in [1.165, 1.54) is 5.56 Å². The molecule has 0 fully saturated rings. The number of carbonyl (C=O) groups excluding carboxylic acids is 1. The number of amides is 1. The van der Waals surface area contributed by atoms with Crippen molar-refractivity contribution < 1.29 is 4.79 Å².